The molecule has 2 N–H and O–H groups in total. The first-order valence-corrected chi connectivity index (χ1v) is 5.90. The standard InChI is InChI=1S/C10H14N4S/c1(4-10-12-8-13-14-10)5-11-7-9-3-2-6-15-9/h2-3,6,8,11H,1,4-5,7H2,(H,12,13,14). The molecule has 0 unspecified atom stereocenters. The molecule has 0 saturated heterocycles. The first-order chi connectivity index (χ1) is 7.45. The second-order valence-electron chi connectivity index (χ2n) is 3.29. The van der Waals surface area contributed by atoms with Crippen molar-refractivity contribution in [3.05, 3.63) is 34.5 Å². The summed E-state index contributed by atoms with van der Waals surface area (Å²) in [5.41, 5.74) is 0. The summed E-state index contributed by atoms with van der Waals surface area (Å²) in [7, 11) is 0. The molecule has 2 rings (SSSR count). The van der Waals surface area contributed by atoms with Gasteiger partial charge in [0.25, 0.3) is 0 Å². The Bertz CT molecular complexity index is 318. The molecule has 80 valence electrons. The maximum atomic E-state index is 4.07. The van der Waals surface area contributed by atoms with Gasteiger partial charge in [0.05, 0.1) is 0 Å². The minimum Gasteiger partial charge on any atom is -0.312 e. The number of H-pyrrole nitrogens is 1. The smallest absolute Gasteiger partial charge is 0.137 e. The van der Waals surface area contributed by atoms with E-state index in [4.69, 9.17) is 0 Å². The fourth-order valence-electron chi connectivity index (χ4n) is 1.36. The van der Waals surface area contributed by atoms with E-state index in [2.05, 4.69) is 38.0 Å². The van der Waals surface area contributed by atoms with Crippen LogP contribution in [0.1, 0.15) is 17.1 Å². The predicted octanol–water partition coefficient (Wildman–Crippen LogP) is 1.59. The molecular weight excluding hydrogens is 208 g/mol. The SMILES string of the molecule is c1csc(CNCCCc2ncn[nH]2)c1. The van der Waals surface area contributed by atoms with Gasteiger partial charge in [-0.25, -0.2) is 4.98 Å². The zero-order valence-electron chi connectivity index (χ0n) is 8.44. The van der Waals surface area contributed by atoms with Crippen molar-refractivity contribution < 1.29 is 0 Å². The molecule has 0 bridgehead atoms. The van der Waals surface area contributed by atoms with E-state index < -0.39 is 0 Å². The Morgan fingerprint density at radius 1 is 1.47 bits per heavy atom. The number of aromatic amines is 1. The minimum absolute atomic E-state index is 0.956. The zero-order valence-corrected chi connectivity index (χ0v) is 9.26. The van der Waals surface area contributed by atoms with E-state index in [1.807, 2.05) is 0 Å². The van der Waals surface area contributed by atoms with Crippen LogP contribution in [0, 0.1) is 0 Å². The van der Waals surface area contributed by atoms with Crippen LogP contribution in [-0.2, 0) is 13.0 Å². The van der Waals surface area contributed by atoms with E-state index in [1.165, 1.54) is 4.88 Å². The van der Waals surface area contributed by atoms with Gasteiger partial charge in [-0.1, -0.05) is 6.07 Å². The van der Waals surface area contributed by atoms with Crippen molar-refractivity contribution in [2.45, 2.75) is 19.4 Å². The fraction of sp³-hybridized carbons (Fsp3) is 0.400. The van der Waals surface area contributed by atoms with Gasteiger partial charge in [-0.05, 0) is 24.4 Å². The van der Waals surface area contributed by atoms with Crippen molar-refractivity contribution in [3.8, 4) is 0 Å². The zero-order chi connectivity index (χ0) is 10.3. The van der Waals surface area contributed by atoms with Crippen LogP contribution in [0.15, 0.2) is 23.8 Å². The first kappa shape index (κ1) is 10.3. The average Bonchev–Trinajstić information content (AvgIpc) is 2.88. The number of aromatic nitrogens is 3. The van der Waals surface area contributed by atoms with Gasteiger partial charge in [0, 0.05) is 17.8 Å². The summed E-state index contributed by atoms with van der Waals surface area (Å²) in [4.78, 5) is 5.46. The molecule has 0 atom stereocenters. The summed E-state index contributed by atoms with van der Waals surface area (Å²) in [6, 6.07) is 4.23. The molecule has 0 radical (unpaired) electrons. The van der Waals surface area contributed by atoms with Gasteiger partial charge >= 0.3 is 0 Å². The molecule has 5 heteroatoms. The van der Waals surface area contributed by atoms with E-state index in [-0.39, 0.29) is 0 Å². The van der Waals surface area contributed by atoms with E-state index in [1.54, 1.807) is 17.7 Å². The molecule has 0 aromatic carbocycles. The van der Waals surface area contributed by atoms with Crippen LogP contribution in [0.3, 0.4) is 0 Å². The Balaban J connectivity index is 1.56. The Morgan fingerprint density at radius 2 is 2.47 bits per heavy atom. The van der Waals surface area contributed by atoms with Crippen molar-refractivity contribution in [2.75, 3.05) is 6.54 Å². The van der Waals surface area contributed by atoms with Crippen LogP contribution >= 0.6 is 11.3 Å². The number of hydrogen-bond acceptors (Lipinski definition) is 4. The summed E-state index contributed by atoms with van der Waals surface area (Å²) in [6.07, 6.45) is 3.59. The van der Waals surface area contributed by atoms with Gasteiger partial charge in [0.15, 0.2) is 0 Å². The highest BCUT2D eigenvalue weighted by Gasteiger charge is 1.96. The molecule has 0 fully saturated rings. The van der Waals surface area contributed by atoms with E-state index >= 15 is 0 Å². The molecule has 0 aliphatic heterocycles. The summed E-state index contributed by atoms with van der Waals surface area (Å²) >= 11 is 1.79. The highest BCUT2D eigenvalue weighted by molar-refractivity contribution is 7.09. The molecule has 2 aromatic heterocycles. The van der Waals surface area contributed by atoms with Crippen LogP contribution in [0.25, 0.3) is 0 Å². The van der Waals surface area contributed by atoms with Crippen LogP contribution < -0.4 is 5.32 Å². The van der Waals surface area contributed by atoms with Crippen molar-refractivity contribution in [2.24, 2.45) is 0 Å². The quantitative estimate of drug-likeness (QED) is 0.730. The Kier molecular flexibility index (Phi) is 3.87. The molecule has 2 aromatic rings. The molecule has 2 heterocycles. The molecular formula is C10H14N4S. The van der Waals surface area contributed by atoms with Gasteiger partial charge < -0.3 is 5.32 Å². The summed E-state index contributed by atoms with van der Waals surface area (Å²) in [6.45, 7) is 1.98. The van der Waals surface area contributed by atoms with E-state index in [9.17, 15) is 0 Å². The van der Waals surface area contributed by atoms with E-state index in [0.29, 0.717) is 0 Å². The van der Waals surface area contributed by atoms with Gasteiger partial charge in [0.2, 0.25) is 0 Å². The predicted molar refractivity (Wildman–Crippen MR) is 60.7 cm³/mol. The van der Waals surface area contributed by atoms with E-state index in [0.717, 1.165) is 31.8 Å². The number of nitrogens with one attached hydrogen (secondary N) is 2. The van der Waals surface area contributed by atoms with Crippen molar-refractivity contribution in [1.29, 1.82) is 0 Å². The lowest BCUT2D eigenvalue weighted by atomic mass is 10.3. The third kappa shape index (κ3) is 3.45. The number of rotatable bonds is 6. The number of thiophene rings is 1. The lowest BCUT2D eigenvalue weighted by Gasteiger charge is -2.01. The van der Waals surface area contributed by atoms with Gasteiger partial charge in [-0.2, -0.15) is 5.10 Å². The second-order valence-corrected chi connectivity index (χ2v) is 4.32. The molecule has 0 saturated carbocycles. The Labute approximate surface area is 92.8 Å². The average molecular weight is 222 g/mol. The van der Waals surface area contributed by atoms with Crippen LogP contribution in [0.4, 0.5) is 0 Å². The van der Waals surface area contributed by atoms with Crippen LogP contribution in [-0.4, -0.2) is 21.7 Å². The number of nitrogens with zero attached hydrogens (tertiary/aromatic N) is 2. The van der Waals surface area contributed by atoms with Gasteiger partial charge in [-0.15, -0.1) is 11.3 Å². The molecule has 0 aliphatic rings. The largest absolute Gasteiger partial charge is 0.312 e. The Hall–Kier alpha value is -1.20. The molecule has 0 aliphatic carbocycles. The third-order valence-corrected chi connectivity index (χ3v) is 2.99. The topological polar surface area (TPSA) is 53.6 Å². The normalized spacial score (nSPS) is 10.7. The number of hydrogen-bond donors (Lipinski definition) is 2. The van der Waals surface area contributed by atoms with Crippen molar-refractivity contribution >= 4 is 11.3 Å². The monoisotopic (exact) mass is 222 g/mol. The summed E-state index contributed by atoms with van der Waals surface area (Å²) in [5, 5.41) is 12.2. The maximum Gasteiger partial charge on any atom is 0.137 e. The highest BCUT2D eigenvalue weighted by Crippen LogP contribution is 2.07. The number of aryl methyl sites for hydroxylation is 1. The lowest BCUT2D eigenvalue weighted by Crippen LogP contribution is -2.14. The van der Waals surface area contributed by atoms with Gasteiger partial charge in [0.1, 0.15) is 12.2 Å². The molecule has 4 nitrogen and oxygen atoms in total. The molecule has 0 amide bonds. The third-order valence-electron chi connectivity index (χ3n) is 2.11. The van der Waals surface area contributed by atoms with Gasteiger partial charge in [-0.3, -0.25) is 5.10 Å². The molecule has 15 heavy (non-hydrogen) atoms. The highest BCUT2D eigenvalue weighted by atomic mass is 32.1. The minimum atomic E-state index is 0.956. The Morgan fingerprint density at radius 3 is 3.20 bits per heavy atom. The van der Waals surface area contributed by atoms with Crippen molar-refractivity contribution in [3.63, 3.8) is 0 Å². The summed E-state index contributed by atoms with van der Waals surface area (Å²) < 4.78 is 0. The van der Waals surface area contributed by atoms with Crippen LogP contribution in [0.5, 0.6) is 0 Å². The maximum absolute atomic E-state index is 4.07. The fourth-order valence-corrected chi connectivity index (χ4v) is 2.03. The van der Waals surface area contributed by atoms with Crippen molar-refractivity contribution in [1.82, 2.24) is 20.5 Å². The first-order valence-electron chi connectivity index (χ1n) is 5.02. The second kappa shape index (κ2) is 5.63. The summed E-state index contributed by atoms with van der Waals surface area (Å²) in [5.74, 6) is 0.966. The lowest BCUT2D eigenvalue weighted by molar-refractivity contribution is 0.644. The molecule has 0 spiro atoms. The van der Waals surface area contributed by atoms with Crippen LogP contribution in [0.2, 0.25) is 0 Å².